The van der Waals surface area contributed by atoms with Gasteiger partial charge in [0.2, 0.25) is 0 Å². The lowest BCUT2D eigenvalue weighted by Crippen LogP contribution is -2.20. The van der Waals surface area contributed by atoms with Gasteiger partial charge in [0.05, 0.1) is 0 Å². The summed E-state index contributed by atoms with van der Waals surface area (Å²) in [5, 5.41) is 2.96. The number of amides is 1. The zero-order valence-electron chi connectivity index (χ0n) is 15.1. The summed E-state index contributed by atoms with van der Waals surface area (Å²) in [6.07, 6.45) is 4.60. The van der Waals surface area contributed by atoms with Gasteiger partial charge in [-0.1, -0.05) is 18.2 Å². The first kappa shape index (κ1) is 17.7. The lowest BCUT2D eigenvalue weighted by molar-refractivity contribution is 0.102. The second kappa shape index (κ2) is 8.30. The van der Waals surface area contributed by atoms with E-state index in [1.165, 1.54) is 5.56 Å². The van der Waals surface area contributed by atoms with Crippen LogP contribution in [0.3, 0.4) is 0 Å². The van der Waals surface area contributed by atoms with Gasteiger partial charge in [0, 0.05) is 42.9 Å². The molecule has 4 heteroatoms. The molecule has 0 aliphatic rings. The summed E-state index contributed by atoms with van der Waals surface area (Å²) in [6, 6.07) is 19.6. The summed E-state index contributed by atoms with van der Waals surface area (Å²) in [4.78, 5) is 18.6. The van der Waals surface area contributed by atoms with Crippen molar-refractivity contribution in [3.05, 3.63) is 89.7 Å². The molecule has 0 saturated heterocycles. The summed E-state index contributed by atoms with van der Waals surface area (Å²) in [5.41, 5.74) is 4.86. The van der Waals surface area contributed by atoms with Crippen LogP contribution in [0.5, 0.6) is 0 Å². The smallest absolute Gasteiger partial charge is 0.255 e. The van der Waals surface area contributed by atoms with E-state index in [-0.39, 0.29) is 5.91 Å². The molecular formula is C22H23N3O. The Balaban J connectivity index is 1.59. The van der Waals surface area contributed by atoms with E-state index in [4.69, 9.17) is 0 Å². The molecule has 0 radical (unpaired) electrons. The van der Waals surface area contributed by atoms with Crippen molar-refractivity contribution in [2.24, 2.45) is 0 Å². The SMILES string of the molecule is Cc1ccccc1C(=O)Nc1ccc(N(C)CCc2ccncc2)cc1. The van der Waals surface area contributed by atoms with Gasteiger partial charge >= 0.3 is 0 Å². The fraction of sp³-hybridized carbons (Fsp3) is 0.182. The minimum atomic E-state index is -0.0816. The van der Waals surface area contributed by atoms with Crippen molar-refractivity contribution in [2.45, 2.75) is 13.3 Å². The van der Waals surface area contributed by atoms with Crippen molar-refractivity contribution in [3.63, 3.8) is 0 Å². The van der Waals surface area contributed by atoms with Crippen LogP contribution in [0.4, 0.5) is 11.4 Å². The van der Waals surface area contributed by atoms with Crippen LogP contribution in [-0.4, -0.2) is 24.5 Å². The quantitative estimate of drug-likeness (QED) is 0.723. The highest BCUT2D eigenvalue weighted by atomic mass is 16.1. The van der Waals surface area contributed by atoms with Crippen LogP contribution in [0, 0.1) is 6.92 Å². The molecule has 1 aromatic heterocycles. The lowest BCUT2D eigenvalue weighted by atomic mass is 10.1. The maximum atomic E-state index is 12.4. The van der Waals surface area contributed by atoms with Crippen molar-refractivity contribution < 1.29 is 4.79 Å². The highest BCUT2D eigenvalue weighted by Gasteiger charge is 2.09. The molecule has 1 N–H and O–H groups in total. The first-order chi connectivity index (χ1) is 12.6. The number of rotatable bonds is 6. The second-order valence-corrected chi connectivity index (χ2v) is 6.34. The van der Waals surface area contributed by atoms with Gasteiger partial charge in [-0.15, -0.1) is 0 Å². The summed E-state index contributed by atoms with van der Waals surface area (Å²) in [5.74, 6) is -0.0816. The van der Waals surface area contributed by atoms with Gasteiger partial charge in [-0.05, 0) is 66.9 Å². The predicted octanol–water partition coefficient (Wildman–Crippen LogP) is 4.32. The van der Waals surface area contributed by atoms with E-state index in [0.717, 1.165) is 29.9 Å². The molecule has 0 aliphatic heterocycles. The minimum absolute atomic E-state index is 0.0816. The zero-order valence-corrected chi connectivity index (χ0v) is 15.1. The number of carbonyl (C=O) groups excluding carboxylic acids is 1. The van der Waals surface area contributed by atoms with Crippen LogP contribution in [0.25, 0.3) is 0 Å². The van der Waals surface area contributed by atoms with Gasteiger partial charge in [0.25, 0.3) is 5.91 Å². The number of carbonyl (C=O) groups is 1. The third kappa shape index (κ3) is 4.48. The molecule has 26 heavy (non-hydrogen) atoms. The number of likely N-dealkylation sites (N-methyl/N-ethyl adjacent to an activating group) is 1. The Morgan fingerprint density at radius 2 is 1.69 bits per heavy atom. The topological polar surface area (TPSA) is 45.2 Å². The first-order valence-corrected chi connectivity index (χ1v) is 8.70. The zero-order chi connectivity index (χ0) is 18.4. The van der Waals surface area contributed by atoms with E-state index < -0.39 is 0 Å². The standard InChI is InChI=1S/C22H23N3O/c1-17-5-3-4-6-21(17)22(26)24-19-7-9-20(10-8-19)25(2)16-13-18-11-14-23-15-12-18/h3-12,14-15H,13,16H2,1-2H3,(H,24,26). The molecule has 0 atom stereocenters. The first-order valence-electron chi connectivity index (χ1n) is 8.70. The number of benzene rings is 2. The minimum Gasteiger partial charge on any atom is -0.374 e. The predicted molar refractivity (Wildman–Crippen MR) is 107 cm³/mol. The fourth-order valence-corrected chi connectivity index (χ4v) is 2.80. The Morgan fingerprint density at radius 3 is 2.38 bits per heavy atom. The van der Waals surface area contributed by atoms with Crippen molar-refractivity contribution in [3.8, 4) is 0 Å². The van der Waals surface area contributed by atoms with E-state index in [2.05, 4.69) is 22.2 Å². The molecule has 1 heterocycles. The number of aryl methyl sites for hydroxylation is 1. The number of hydrogen-bond donors (Lipinski definition) is 1. The Hall–Kier alpha value is -3.14. The van der Waals surface area contributed by atoms with E-state index in [1.54, 1.807) is 0 Å². The number of nitrogens with zero attached hydrogens (tertiary/aromatic N) is 2. The van der Waals surface area contributed by atoms with Gasteiger partial charge in [0.15, 0.2) is 0 Å². The highest BCUT2D eigenvalue weighted by Crippen LogP contribution is 2.18. The molecule has 4 nitrogen and oxygen atoms in total. The van der Waals surface area contributed by atoms with Crippen LogP contribution in [-0.2, 0) is 6.42 Å². The van der Waals surface area contributed by atoms with Gasteiger partial charge in [-0.25, -0.2) is 0 Å². The molecule has 132 valence electrons. The van der Waals surface area contributed by atoms with Gasteiger partial charge in [-0.3, -0.25) is 9.78 Å². The Kier molecular flexibility index (Phi) is 5.64. The van der Waals surface area contributed by atoms with Crippen molar-refractivity contribution in [2.75, 3.05) is 23.8 Å². The van der Waals surface area contributed by atoms with Crippen molar-refractivity contribution in [1.29, 1.82) is 0 Å². The molecule has 0 saturated carbocycles. The summed E-state index contributed by atoms with van der Waals surface area (Å²) in [6.45, 7) is 2.86. The summed E-state index contributed by atoms with van der Waals surface area (Å²) in [7, 11) is 2.07. The van der Waals surface area contributed by atoms with Gasteiger partial charge in [-0.2, -0.15) is 0 Å². The maximum absolute atomic E-state index is 12.4. The molecule has 1 amide bonds. The molecule has 0 unspecified atom stereocenters. The molecule has 0 spiro atoms. The fourth-order valence-electron chi connectivity index (χ4n) is 2.80. The van der Waals surface area contributed by atoms with E-state index in [1.807, 2.05) is 80.0 Å². The van der Waals surface area contributed by atoms with E-state index in [9.17, 15) is 4.79 Å². The Labute approximate surface area is 154 Å². The van der Waals surface area contributed by atoms with E-state index in [0.29, 0.717) is 5.56 Å². The molecular weight excluding hydrogens is 322 g/mol. The number of aromatic nitrogens is 1. The van der Waals surface area contributed by atoms with Crippen LogP contribution >= 0.6 is 0 Å². The van der Waals surface area contributed by atoms with Crippen LogP contribution in [0.15, 0.2) is 73.1 Å². The molecule has 3 rings (SSSR count). The third-order valence-electron chi connectivity index (χ3n) is 4.44. The van der Waals surface area contributed by atoms with Crippen LogP contribution < -0.4 is 10.2 Å². The molecule has 0 fully saturated rings. The number of pyridine rings is 1. The highest BCUT2D eigenvalue weighted by molar-refractivity contribution is 6.05. The Bertz CT molecular complexity index is 860. The maximum Gasteiger partial charge on any atom is 0.255 e. The molecule has 0 aliphatic carbocycles. The third-order valence-corrected chi connectivity index (χ3v) is 4.44. The van der Waals surface area contributed by atoms with Crippen LogP contribution in [0.1, 0.15) is 21.5 Å². The monoisotopic (exact) mass is 345 g/mol. The average molecular weight is 345 g/mol. The second-order valence-electron chi connectivity index (χ2n) is 6.34. The number of hydrogen-bond acceptors (Lipinski definition) is 3. The van der Waals surface area contributed by atoms with Crippen molar-refractivity contribution in [1.82, 2.24) is 4.98 Å². The molecule has 2 aromatic carbocycles. The molecule has 0 bridgehead atoms. The summed E-state index contributed by atoms with van der Waals surface area (Å²) < 4.78 is 0. The summed E-state index contributed by atoms with van der Waals surface area (Å²) >= 11 is 0. The largest absolute Gasteiger partial charge is 0.374 e. The number of nitrogens with one attached hydrogen (secondary N) is 1. The average Bonchev–Trinajstić information content (AvgIpc) is 2.68. The van der Waals surface area contributed by atoms with Gasteiger partial charge in [0.1, 0.15) is 0 Å². The van der Waals surface area contributed by atoms with Gasteiger partial charge < -0.3 is 10.2 Å². The molecule has 3 aromatic rings. The Morgan fingerprint density at radius 1 is 1.00 bits per heavy atom. The normalized spacial score (nSPS) is 10.4. The lowest BCUT2D eigenvalue weighted by Gasteiger charge is -2.19. The van der Waals surface area contributed by atoms with Crippen LogP contribution in [0.2, 0.25) is 0 Å². The number of anilines is 2. The van der Waals surface area contributed by atoms with E-state index >= 15 is 0 Å². The van der Waals surface area contributed by atoms with Crippen molar-refractivity contribution >= 4 is 17.3 Å².